The molecule has 1 saturated carbocycles. The molecule has 1 unspecified atom stereocenters. The fraction of sp³-hybridized carbons (Fsp3) is 0.433. The van der Waals surface area contributed by atoms with Gasteiger partial charge in [-0.1, -0.05) is 43.4 Å². The average Bonchev–Trinajstić information content (AvgIpc) is 3.21. The number of aryl methyl sites for hydroxylation is 1. The lowest BCUT2D eigenvalue weighted by atomic mass is 9.87. The molecule has 1 aromatic heterocycles. The molecular weight excluding hydrogens is 504 g/mol. The predicted octanol–water partition coefficient (Wildman–Crippen LogP) is 9.35. The summed E-state index contributed by atoms with van der Waals surface area (Å²) in [7, 11) is 0. The molecule has 0 bridgehead atoms. The first-order valence-corrected chi connectivity index (χ1v) is 12.9. The maximum Gasteiger partial charge on any atom is 0.433 e. The van der Waals surface area contributed by atoms with Crippen molar-refractivity contribution in [2.45, 2.75) is 76.7 Å². The number of rotatable bonds is 7. The molecule has 2 nitrogen and oxygen atoms in total. The molecule has 0 aliphatic heterocycles. The number of fused-ring (bicyclic) bond motifs is 1. The van der Waals surface area contributed by atoms with Gasteiger partial charge < -0.3 is 4.74 Å². The number of benzene rings is 1. The van der Waals surface area contributed by atoms with Crippen molar-refractivity contribution in [1.29, 1.82) is 0 Å². The summed E-state index contributed by atoms with van der Waals surface area (Å²) in [6.07, 6.45) is -0.581. The van der Waals surface area contributed by atoms with Crippen molar-refractivity contribution in [3.63, 3.8) is 0 Å². The van der Waals surface area contributed by atoms with Gasteiger partial charge in [-0.05, 0) is 85.9 Å². The van der Waals surface area contributed by atoms with Crippen molar-refractivity contribution in [2.75, 3.05) is 0 Å². The first-order valence-electron chi connectivity index (χ1n) is 12.9. The van der Waals surface area contributed by atoms with E-state index in [1.807, 2.05) is 26.0 Å². The lowest BCUT2D eigenvalue weighted by Gasteiger charge is -2.30. The van der Waals surface area contributed by atoms with Crippen LogP contribution in [0.3, 0.4) is 0 Å². The van der Waals surface area contributed by atoms with Gasteiger partial charge >= 0.3 is 12.4 Å². The maximum absolute atomic E-state index is 14.1. The van der Waals surface area contributed by atoms with E-state index in [2.05, 4.69) is 11.6 Å². The van der Waals surface area contributed by atoms with Gasteiger partial charge in [0.15, 0.2) is 5.69 Å². The van der Waals surface area contributed by atoms with Crippen LogP contribution in [-0.2, 0) is 6.18 Å². The van der Waals surface area contributed by atoms with Crippen LogP contribution in [0, 0.1) is 12.8 Å². The molecule has 0 N–H and O–H groups in total. The lowest BCUT2D eigenvalue weighted by Crippen LogP contribution is -2.31. The van der Waals surface area contributed by atoms with Crippen LogP contribution in [0.4, 0.5) is 26.3 Å². The first-order chi connectivity index (χ1) is 17.9. The minimum absolute atomic E-state index is 0.00454. The van der Waals surface area contributed by atoms with Gasteiger partial charge in [-0.15, -0.1) is 0 Å². The normalized spacial score (nSPS) is 22.2. The van der Waals surface area contributed by atoms with E-state index in [-0.39, 0.29) is 43.3 Å². The fourth-order valence-electron chi connectivity index (χ4n) is 5.51. The summed E-state index contributed by atoms with van der Waals surface area (Å²) < 4.78 is 87.4. The molecule has 8 heteroatoms. The van der Waals surface area contributed by atoms with Crippen molar-refractivity contribution in [2.24, 2.45) is 5.92 Å². The lowest BCUT2D eigenvalue weighted by molar-refractivity contribution is -0.185. The zero-order valence-corrected chi connectivity index (χ0v) is 21.4. The highest BCUT2D eigenvalue weighted by Crippen LogP contribution is 2.48. The van der Waals surface area contributed by atoms with E-state index in [4.69, 9.17) is 4.74 Å². The van der Waals surface area contributed by atoms with Crippen molar-refractivity contribution in [1.82, 2.24) is 4.98 Å². The van der Waals surface area contributed by atoms with E-state index < -0.39 is 24.0 Å². The summed E-state index contributed by atoms with van der Waals surface area (Å²) in [4.78, 5) is 3.71. The average molecular weight is 536 g/mol. The fourth-order valence-corrected chi connectivity index (χ4v) is 5.51. The molecule has 2 aliphatic carbocycles. The molecule has 38 heavy (non-hydrogen) atoms. The molecular formula is C30H31F6NO. The largest absolute Gasteiger partial charge is 0.490 e. The number of alkyl halides is 6. The third-order valence-electron chi connectivity index (χ3n) is 7.27. The van der Waals surface area contributed by atoms with Crippen LogP contribution in [-0.4, -0.2) is 17.3 Å². The molecule has 0 saturated heterocycles. The van der Waals surface area contributed by atoms with E-state index in [0.717, 1.165) is 17.6 Å². The second-order valence-corrected chi connectivity index (χ2v) is 10.1. The standard InChI is InChI=1S/C30H31F6NO/c1-4-6-19(5-2)15-21-17-26(27-25(21)11-12-37-28(27)30(34,35)36)20-13-18(3)14-24(16-20)38-23-9-7-22(8-10-23)29(31,32)33/h5-6,11-14,16-17,21-23H,2,4,7-10,15H2,1,3H3/b19-6+. The van der Waals surface area contributed by atoms with Gasteiger partial charge in [0.05, 0.1) is 12.0 Å². The zero-order valence-electron chi connectivity index (χ0n) is 21.4. The Morgan fingerprint density at radius 2 is 1.79 bits per heavy atom. The summed E-state index contributed by atoms with van der Waals surface area (Å²) in [5.41, 5.74) is 2.41. The van der Waals surface area contributed by atoms with Crippen molar-refractivity contribution in [3.05, 3.63) is 88.8 Å². The third-order valence-corrected chi connectivity index (χ3v) is 7.27. The molecule has 1 fully saturated rings. The summed E-state index contributed by atoms with van der Waals surface area (Å²) in [6, 6.07) is 6.89. The number of pyridine rings is 1. The van der Waals surface area contributed by atoms with Crippen molar-refractivity contribution >= 4 is 5.57 Å². The highest BCUT2D eigenvalue weighted by molar-refractivity contribution is 5.87. The molecule has 0 amide bonds. The highest BCUT2D eigenvalue weighted by atomic mass is 19.4. The van der Waals surface area contributed by atoms with Crippen LogP contribution in [0.25, 0.3) is 5.57 Å². The second-order valence-electron chi connectivity index (χ2n) is 10.1. The van der Waals surface area contributed by atoms with Gasteiger partial charge in [0.25, 0.3) is 0 Å². The van der Waals surface area contributed by atoms with Crippen LogP contribution >= 0.6 is 0 Å². The van der Waals surface area contributed by atoms with Crippen LogP contribution in [0.5, 0.6) is 5.75 Å². The molecule has 1 heterocycles. The van der Waals surface area contributed by atoms with Crippen molar-refractivity contribution in [3.8, 4) is 5.75 Å². The third kappa shape index (κ3) is 6.16. The molecule has 4 rings (SSSR count). The Morgan fingerprint density at radius 1 is 1.08 bits per heavy atom. The van der Waals surface area contributed by atoms with Gasteiger partial charge in [0, 0.05) is 17.7 Å². The van der Waals surface area contributed by atoms with Crippen LogP contribution < -0.4 is 4.74 Å². The predicted molar refractivity (Wildman–Crippen MR) is 136 cm³/mol. The maximum atomic E-state index is 14.1. The second kappa shape index (κ2) is 11.0. The van der Waals surface area contributed by atoms with Gasteiger partial charge in [-0.2, -0.15) is 26.3 Å². The van der Waals surface area contributed by atoms with E-state index in [9.17, 15) is 26.3 Å². The van der Waals surface area contributed by atoms with Crippen LogP contribution in [0.1, 0.15) is 79.3 Å². The number of aromatic nitrogens is 1. The Morgan fingerprint density at radius 3 is 2.39 bits per heavy atom. The number of nitrogens with zero attached hydrogens (tertiary/aromatic N) is 1. The number of halogens is 6. The van der Waals surface area contributed by atoms with Gasteiger partial charge in [0.1, 0.15) is 5.75 Å². The Hall–Kier alpha value is -3.03. The Kier molecular flexibility index (Phi) is 8.09. The Labute approximate surface area is 219 Å². The number of ether oxygens (including phenoxy) is 1. The summed E-state index contributed by atoms with van der Waals surface area (Å²) in [5, 5.41) is 0. The minimum atomic E-state index is -4.64. The minimum Gasteiger partial charge on any atom is -0.490 e. The molecule has 1 atom stereocenters. The van der Waals surface area contributed by atoms with Crippen molar-refractivity contribution < 1.29 is 31.1 Å². The molecule has 204 valence electrons. The van der Waals surface area contributed by atoms with E-state index in [1.54, 1.807) is 30.3 Å². The van der Waals surface area contributed by atoms with E-state index >= 15 is 0 Å². The highest BCUT2D eigenvalue weighted by Gasteiger charge is 2.42. The SMILES string of the molecule is C=C/C(=C\CC)CC1C=C(c2cc(C)cc(OC3CCC(C(F)(F)F)CC3)c2)c2c1ccnc2C(F)(F)F. The summed E-state index contributed by atoms with van der Waals surface area (Å²) in [5.74, 6) is -1.16. The number of hydrogen-bond acceptors (Lipinski definition) is 2. The summed E-state index contributed by atoms with van der Waals surface area (Å²) >= 11 is 0. The first kappa shape index (κ1) is 28.0. The Balaban J connectivity index is 1.69. The monoisotopic (exact) mass is 535 g/mol. The number of hydrogen-bond donors (Lipinski definition) is 0. The van der Waals surface area contributed by atoms with Gasteiger partial charge in [0.2, 0.25) is 0 Å². The van der Waals surface area contributed by atoms with Crippen LogP contribution in [0.2, 0.25) is 0 Å². The van der Waals surface area contributed by atoms with E-state index in [1.165, 1.54) is 6.20 Å². The zero-order chi connectivity index (χ0) is 27.7. The molecule has 0 spiro atoms. The quantitative estimate of drug-likeness (QED) is 0.260. The Bertz CT molecular complexity index is 1230. The van der Waals surface area contributed by atoms with E-state index in [0.29, 0.717) is 28.9 Å². The molecule has 0 radical (unpaired) electrons. The van der Waals surface area contributed by atoms with Gasteiger partial charge in [-0.25, -0.2) is 0 Å². The number of allylic oxidation sites excluding steroid dienone is 4. The topological polar surface area (TPSA) is 22.1 Å². The molecule has 2 aliphatic rings. The van der Waals surface area contributed by atoms with Crippen LogP contribution in [0.15, 0.2) is 60.8 Å². The smallest absolute Gasteiger partial charge is 0.433 e. The molecule has 2 aromatic rings. The van der Waals surface area contributed by atoms with Gasteiger partial charge in [-0.3, -0.25) is 4.98 Å². The molecule has 1 aromatic carbocycles. The summed E-state index contributed by atoms with van der Waals surface area (Å²) in [6.45, 7) is 7.66.